The molecular formula is C15H19N5O3S. The highest BCUT2D eigenvalue weighted by molar-refractivity contribution is 7.99. The fourth-order valence-corrected chi connectivity index (χ4v) is 2.60. The highest BCUT2D eigenvalue weighted by Crippen LogP contribution is 2.32. The van der Waals surface area contributed by atoms with Gasteiger partial charge in [-0.1, -0.05) is 17.8 Å². The van der Waals surface area contributed by atoms with Crippen LogP contribution in [0.4, 0.5) is 0 Å². The second-order valence-corrected chi connectivity index (χ2v) is 5.57. The highest BCUT2D eigenvalue weighted by Gasteiger charge is 2.15. The fourth-order valence-electron chi connectivity index (χ4n) is 1.91. The van der Waals surface area contributed by atoms with Gasteiger partial charge in [-0.15, -0.1) is 16.8 Å². The first-order chi connectivity index (χ1) is 11.6. The van der Waals surface area contributed by atoms with E-state index in [1.54, 1.807) is 38.5 Å². The lowest BCUT2D eigenvalue weighted by Crippen LogP contribution is -2.25. The van der Waals surface area contributed by atoms with Crippen molar-refractivity contribution in [2.24, 2.45) is 0 Å². The maximum Gasteiger partial charge on any atom is 0.230 e. The molecule has 1 amide bonds. The molecule has 0 radical (unpaired) electrons. The molecular weight excluding hydrogens is 330 g/mol. The zero-order valence-electron chi connectivity index (χ0n) is 13.5. The third-order valence-corrected chi connectivity index (χ3v) is 4.03. The van der Waals surface area contributed by atoms with Crippen LogP contribution in [-0.2, 0) is 4.79 Å². The van der Waals surface area contributed by atoms with Gasteiger partial charge in [0.2, 0.25) is 11.1 Å². The number of ether oxygens (including phenoxy) is 2. The van der Waals surface area contributed by atoms with Gasteiger partial charge in [0.25, 0.3) is 0 Å². The van der Waals surface area contributed by atoms with Gasteiger partial charge in [-0.2, -0.15) is 0 Å². The summed E-state index contributed by atoms with van der Waals surface area (Å²) in [6.07, 6.45) is 1.61. The Morgan fingerprint density at radius 3 is 2.79 bits per heavy atom. The van der Waals surface area contributed by atoms with Crippen LogP contribution in [0.15, 0.2) is 36.0 Å². The van der Waals surface area contributed by atoms with Crippen molar-refractivity contribution in [1.82, 2.24) is 20.2 Å². The number of carbonyl (C=O) groups excluding carboxylic acids is 1. The van der Waals surface area contributed by atoms with Gasteiger partial charge >= 0.3 is 0 Å². The summed E-state index contributed by atoms with van der Waals surface area (Å²) in [5, 5.41) is 11.2. The van der Waals surface area contributed by atoms with E-state index in [4.69, 9.17) is 15.3 Å². The Bertz CT molecular complexity index is 732. The van der Waals surface area contributed by atoms with Crippen LogP contribution < -0.4 is 20.6 Å². The molecule has 0 spiro atoms. The summed E-state index contributed by atoms with van der Waals surface area (Å²) in [6, 6.07) is 5.33. The molecule has 0 atom stereocenters. The lowest BCUT2D eigenvalue weighted by molar-refractivity contribution is -0.118. The number of benzene rings is 1. The summed E-state index contributed by atoms with van der Waals surface area (Å²) in [7, 11) is 3.12. The van der Waals surface area contributed by atoms with Crippen LogP contribution in [0.25, 0.3) is 11.4 Å². The Kier molecular flexibility index (Phi) is 6.07. The van der Waals surface area contributed by atoms with Crippen LogP contribution in [0.2, 0.25) is 0 Å². The third kappa shape index (κ3) is 3.99. The van der Waals surface area contributed by atoms with E-state index in [0.717, 1.165) is 5.56 Å². The predicted molar refractivity (Wildman–Crippen MR) is 92.6 cm³/mol. The molecule has 0 aliphatic heterocycles. The number of hydrogen-bond donors (Lipinski definition) is 2. The van der Waals surface area contributed by atoms with Gasteiger partial charge in [-0.05, 0) is 18.2 Å². The van der Waals surface area contributed by atoms with E-state index in [1.165, 1.54) is 16.4 Å². The highest BCUT2D eigenvalue weighted by atomic mass is 32.2. The molecule has 1 aromatic carbocycles. The molecule has 9 heteroatoms. The van der Waals surface area contributed by atoms with Crippen molar-refractivity contribution in [2.75, 3.05) is 32.4 Å². The number of carbonyl (C=O) groups is 1. The molecule has 1 aromatic heterocycles. The number of hydrogen-bond acceptors (Lipinski definition) is 7. The number of amides is 1. The molecule has 0 saturated heterocycles. The standard InChI is InChI=1S/C15H19N5O3S/c1-4-7-17-13(21)9-24-15-19-18-14(20(15)16)10-5-6-11(22-2)12(8-10)23-3/h4-6,8H,1,7,9,16H2,2-3H3,(H,17,21). The molecule has 0 aliphatic rings. The average Bonchev–Trinajstić information content (AvgIpc) is 2.98. The fraction of sp³-hybridized carbons (Fsp3) is 0.267. The van der Waals surface area contributed by atoms with Crippen LogP contribution in [-0.4, -0.2) is 47.3 Å². The van der Waals surface area contributed by atoms with Gasteiger partial charge in [0.05, 0.1) is 20.0 Å². The molecule has 2 aromatic rings. The first-order valence-corrected chi connectivity index (χ1v) is 8.02. The minimum Gasteiger partial charge on any atom is -0.493 e. The van der Waals surface area contributed by atoms with Crippen molar-refractivity contribution in [3.05, 3.63) is 30.9 Å². The van der Waals surface area contributed by atoms with Gasteiger partial charge in [0.1, 0.15) is 0 Å². The zero-order valence-corrected chi connectivity index (χ0v) is 14.3. The Morgan fingerprint density at radius 2 is 2.12 bits per heavy atom. The first-order valence-electron chi connectivity index (χ1n) is 7.04. The number of rotatable bonds is 8. The molecule has 0 saturated carbocycles. The Morgan fingerprint density at radius 1 is 1.38 bits per heavy atom. The number of methoxy groups -OCH3 is 2. The van der Waals surface area contributed by atoms with Crippen molar-refractivity contribution < 1.29 is 14.3 Å². The number of aromatic nitrogens is 3. The third-order valence-electron chi connectivity index (χ3n) is 3.08. The number of nitrogens with zero attached hydrogens (tertiary/aromatic N) is 3. The number of thioether (sulfide) groups is 1. The normalized spacial score (nSPS) is 10.2. The monoisotopic (exact) mass is 349 g/mol. The van der Waals surface area contributed by atoms with Gasteiger partial charge < -0.3 is 20.6 Å². The largest absolute Gasteiger partial charge is 0.493 e. The van der Waals surface area contributed by atoms with Crippen LogP contribution in [0.5, 0.6) is 11.5 Å². The van der Waals surface area contributed by atoms with E-state index in [9.17, 15) is 4.79 Å². The number of nitrogens with one attached hydrogen (secondary N) is 1. The van der Waals surface area contributed by atoms with Crippen LogP contribution in [0.1, 0.15) is 0 Å². The van der Waals surface area contributed by atoms with E-state index in [0.29, 0.717) is 29.0 Å². The van der Waals surface area contributed by atoms with Crippen molar-refractivity contribution in [3.63, 3.8) is 0 Å². The maximum atomic E-state index is 11.6. The zero-order chi connectivity index (χ0) is 17.5. The van der Waals surface area contributed by atoms with Crippen molar-refractivity contribution >= 4 is 17.7 Å². The summed E-state index contributed by atoms with van der Waals surface area (Å²) in [6.45, 7) is 3.96. The molecule has 0 bridgehead atoms. The lowest BCUT2D eigenvalue weighted by Gasteiger charge is -2.09. The van der Waals surface area contributed by atoms with E-state index < -0.39 is 0 Å². The summed E-state index contributed by atoms with van der Waals surface area (Å²) < 4.78 is 11.8. The van der Waals surface area contributed by atoms with Crippen LogP contribution in [0, 0.1) is 0 Å². The Labute approximate surface area is 144 Å². The lowest BCUT2D eigenvalue weighted by atomic mass is 10.2. The van der Waals surface area contributed by atoms with Crippen molar-refractivity contribution in [1.29, 1.82) is 0 Å². The van der Waals surface area contributed by atoms with Crippen LogP contribution in [0.3, 0.4) is 0 Å². The minimum absolute atomic E-state index is 0.129. The second-order valence-electron chi connectivity index (χ2n) is 4.63. The first kappa shape index (κ1) is 17.7. The summed E-state index contributed by atoms with van der Waals surface area (Å²) in [4.78, 5) is 11.6. The summed E-state index contributed by atoms with van der Waals surface area (Å²) >= 11 is 1.20. The minimum atomic E-state index is -0.129. The van der Waals surface area contributed by atoms with Crippen molar-refractivity contribution in [3.8, 4) is 22.9 Å². The smallest absolute Gasteiger partial charge is 0.230 e. The molecule has 0 unspecified atom stereocenters. The number of nitrogen functional groups attached to an aromatic ring is 1. The molecule has 24 heavy (non-hydrogen) atoms. The van der Waals surface area contributed by atoms with E-state index in [2.05, 4.69) is 22.1 Å². The molecule has 128 valence electrons. The Hall–Kier alpha value is -2.68. The maximum absolute atomic E-state index is 11.6. The predicted octanol–water partition coefficient (Wildman–Crippen LogP) is 1.07. The SMILES string of the molecule is C=CCNC(=O)CSc1nnc(-c2ccc(OC)c(OC)c2)n1N. The molecule has 0 aliphatic carbocycles. The number of nitrogens with two attached hydrogens (primary N) is 1. The molecule has 8 nitrogen and oxygen atoms in total. The summed E-state index contributed by atoms with van der Waals surface area (Å²) in [5.41, 5.74) is 0.727. The van der Waals surface area contributed by atoms with Gasteiger partial charge in [0, 0.05) is 12.1 Å². The van der Waals surface area contributed by atoms with E-state index in [1.807, 2.05) is 0 Å². The van der Waals surface area contributed by atoms with Gasteiger partial charge in [0.15, 0.2) is 17.3 Å². The van der Waals surface area contributed by atoms with Crippen LogP contribution >= 0.6 is 11.8 Å². The van der Waals surface area contributed by atoms with E-state index in [-0.39, 0.29) is 11.7 Å². The topological polar surface area (TPSA) is 104 Å². The molecule has 3 N–H and O–H groups in total. The van der Waals surface area contributed by atoms with Gasteiger partial charge in [-0.3, -0.25) is 4.79 Å². The quantitative estimate of drug-likeness (QED) is 0.417. The Balaban J connectivity index is 2.15. The van der Waals surface area contributed by atoms with Crippen molar-refractivity contribution in [2.45, 2.75) is 5.16 Å². The summed E-state index contributed by atoms with van der Waals surface area (Å²) in [5.74, 6) is 7.73. The van der Waals surface area contributed by atoms with Gasteiger partial charge in [-0.25, -0.2) is 4.68 Å². The second kappa shape index (κ2) is 8.25. The average molecular weight is 349 g/mol. The molecule has 0 fully saturated rings. The van der Waals surface area contributed by atoms with E-state index >= 15 is 0 Å². The molecule has 2 rings (SSSR count). The molecule has 1 heterocycles.